The van der Waals surface area contributed by atoms with Crippen LogP contribution in [0.15, 0.2) is 18.2 Å². The lowest BCUT2D eigenvalue weighted by Gasteiger charge is -2.27. The molecule has 3 rings (SSSR count). The third kappa shape index (κ3) is 2.31. The van der Waals surface area contributed by atoms with E-state index < -0.39 is 6.10 Å². The largest absolute Gasteiger partial charge is 0.386 e. The molecule has 2 aliphatic rings. The maximum atomic E-state index is 11.5. The zero-order chi connectivity index (χ0) is 13.4. The zero-order valence-corrected chi connectivity index (χ0v) is 10.9. The van der Waals surface area contributed by atoms with Crippen LogP contribution in [0.4, 0.5) is 10.5 Å². The first-order valence-electron chi connectivity index (χ1n) is 6.60. The topological polar surface area (TPSA) is 61.8 Å². The van der Waals surface area contributed by atoms with Gasteiger partial charge in [-0.05, 0) is 36.1 Å². The second kappa shape index (κ2) is 4.83. The molecule has 5 nitrogen and oxygen atoms in total. The van der Waals surface area contributed by atoms with Gasteiger partial charge in [-0.2, -0.15) is 0 Å². The number of aliphatic hydroxyl groups excluding tert-OH is 1. The average molecular weight is 262 g/mol. The molecule has 0 saturated carbocycles. The van der Waals surface area contributed by atoms with Gasteiger partial charge in [0.15, 0.2) is 0 Å². The summed E-state index contributed by atoms with van der Waals surface area (Å²) in [6, 6.07) is 5.57. The summed E-state index contributed by atoms with van der Waals surface area (Å²) in [7, 11) is 1.75. The summed E-state index contributed by atoms with van der Waals surface area (Å²) in [4.78, 5) is 13.1. The number of benzene rings is 1. The first-order chi connectivity index (χ1) is 9.15. The maximum Gasteiger partial charge on any atom is 0.321 e. The van der Waals surface area contributed by atoms with Crippen LogP contribution < -0.4 is 5.32 Å². The highest BCUT2D eigenvalue weighted by molar-refractivity contribution is 5.92. The summed E-state index contributed by atoms with van der Waals surface area (Å²) < 4.78 is 5.52. The van der Waals surface area contributed by atoms with Crippen molar-refractivity contribution in [3.63, 3.8) is 0 Å². The van der Waals surface area contributed by atoms with Gasteiger partial charge in [-0.3, -0.25) is 0 Å². The molecule has 1 aromatic rings. The van der Waals surface area contributed by atoms with Gasteiger partial charge < -0.3 is 20.1 Å². The molecule has 0 radical (unpaired) electrons. The SMILES string of the molecule is CN1Cc2cc(C(O)C3CCCO3)ccc2NC1=O. The molecule has 0 aromatic heterocycles. The number of carbonyl (C=O) groups excluding carboxylic acids is 1. The van der Waals surface area contributed by atoms with Crippen molar-refractivity contribution < 1.29 is 14.6 Å². The molecule has 2 unspecified atom stereocenters. The molecule has 2 amide bonds. The smallest absolute Gasteiger partial charge is 0.321 e. The second-order valence-electron chi connectivity index (χ2n) is 5.20. The van der Waals surface area contributed by atoms with Crippen molar-refractivity contribution in [2.24, 2.45) is 0 Å². The minimum Gasteiger partial charge on any atom is -0.386 e. The van der Waals surface area contributed by atoms with Crippen molar-refractivity contribution in [2.45, 2.75) is 31.6 Å². The molecule has 2 atom stereocenters. The van der Waals surface area contributed by atoms with E-state index in [9.17, 15) is 9.90 Å². The Kier molecular flexibility index (Phi) is 3.16. The molecule has 1 fully saturated rings. The number of anilines is 1. The lowest BCUT2D eigenvalue weighted by Crippen LogP contribution is -2.35. The maximum absolute atomic E-state index is 11.5. The first kappa shape index (κ1) is 12.4. The average Bonchev–Trinajstić information content (AvgIpc) is 2.93. The normalized spacial score (nSPS) is 24.0. The van der Waals surface area contributed by atoms with E-state index >= 15 is 0 Å². The molecule has 2 aliphatic heterocycles. The summed E-state index contributed by atoms with van der Waals surface area (Å²) in [6.07, 6.45) is 1.21. The van der Waals surface area contributed by atoms with Crippen molar-refractivity contribution in [3.8, 4) is 0 Å². The quantitative estimate of drug-likeness (QED) is 0.855. The summed E-state index contributed by atoms with van der Waals surface area (Å²) in [5.41, 5.74) is 2.71. The fraction of sp³-hybridized carbons (Fsp3) is 0.500. The van der Waals surface area contributed by atoms with Crippen molar-refractivity contribution in [2.75, 3.05) is 19.0 Å². The number of carbonyl (C=O) groups is 1. The summed E-state index contributed by atoms with van der Waals surface area (Å²) in [5.74, 6) is 0. The zero-order valence-electron chi connectivity index (χ0n) is 10.9. The van der Waals surface area contributed by atoms with Crippen LogP contribution in [0.25, 0.3) is 0 Å². The molecule has 2 N–H and O–H groups in total. The highest BCUT2D eigenvalue weighted by Gasteiger charge is 2.27. The third-order valence-corrected chi connectivity index (χ3v) is 3.78. The van der Waals surface area contributed by atoms with Crippen LogP contribution in [0, 0.1) is 0 Å². The highest BCUT2D eigenvalue weighted by atomic mass is 16.5. The lowest BCUT2D eigenvalue weighted by atomic mass is 9.98. The van der Waals surface area contributed by atoms with Crippen LogP contribution in [-0.4, -0.2) is 35.8 Å². The molecule has 19 heavy (non-hydrogen) atoms. The number of fused-ring (bicyclic) bond motifs is 1. The van der Waals surface area contributed by atoms with E-state index in [-0.39, 0.29) is 12.1 Å². The number of rotatable bonds is 2. The molecule has 0 spiro atoms. The second-order valence-corrected chi connectivity index (χ2v) is 5.20. The van der Waals surface area contributed by atoms with E-state index in [0.29, 0.717) is 6.54 Å². The lowest BCUT2D eigenvalue weighted by molar-refractivity contribution is -0.00262. The monoisotopic (exact) mass is 262 g/mol. The van der Waals surface area contributed by atoms with E-state index in [1.54, 1.807) is 11.9 Å². The number of nitrogens with one attached hydrogen (secondary N) is 1. The molecule has 102 valence electrons. The third-order valence-electron chi connectivity index (χ3n) is 3.78. The van der Waals surface area contributed by atoms with Crippen LogP contribution in [-0.2, 0) is 11.3 Å². The van der Waals surface area contributed by atoms with Gasteiger partial charge in [0.25, 0.3) is 0 Å². The summed E-state index contributed by atoms with van der Waals surface area (Å²) in [6.45, 7) is 1.29. The van der Waals surface area contributed by atoms with Crippen LogP contribution >= 0.6 is 0 Å². The van der Waals surface area contributed by atoms with Gasteiger partial charge in [-0.15, -0.1) is 0 Å². The van der Waals surface area contributed by atoms with Crippen LogP contribution in [0.2, 0.25) is 0 Å². The molecule has 0 bridgehead atoms. The van der Waals surface area contributed by atoms with Gasteiger partial charge in [0.1, 0.15) is 6.10 Å². The molecule has 0 aliphatic carbocycles. The van der Waals surface area contributed by atoms with Gasteiger partial charge in [0.2, 0.25) is 0 Å². The molecular weight excluding hydrogens is 244 g/mol. The summed E-state index contributed by atoms with van der Waals surface area (Å²) >= 11 is 0. The Labute approximate surface area is 112 Å². The molecule has 1 saturated heterocycles. The molecule has 1 aromatic carbocycles. The Morgan fingerprint density at radius 3 is 3.11 bits per heavy atom. The standard InChI is InChI=1S/C14H18N2O3/c1-16-8-10-7-9(4-5-11(10)15-14(16)18)13(17)12-3-2-6-19-12/h4-5,7,12-13,17H,2-3,6,8H2,1H3,(H,15,18). The predicted octanol–water partition coefficient (Wildman–Crippen LogP) is 1.88. The van der Waals surface area contributed by atoms with Gasteiger partial charge >= 0.3 is 6.03 Å². The molecule has 2 heterocycles. The fourth-order valence-electron chi connectivity index (χ4n) is 2.65. The highest BCUT2D eigenvalue weighted by Crippen LogP contribution is 2.30. The van der Waals surface area contributed by atoms with Gasteiger partial charge in [0.05, 0.1) is 6.10 Å². The Bertz CT molecular complexity index is 497. The number of hydrogen-bond acceptors (Lipinski definition) is 3. The van der Waals surface area contributed by atoms with Crippen LogP contribution in [0.5, 0.6) is 0 Å². The van der Waals surface area contributed by atoms with E-state index in [2.05, 4.69) is 5.32 Å². The Balaban J connectivity index is 1.84. The Morgan fingerprint density at radius 1 is 1.53 bits per heavy atom. The van der Waals surface area contributed by atoms with E-state index in [0.717, 1.165) is 36.3 Å². The number of amides is 2. The first-order valence-corrected chi connectivity index (χ1v) is 6.60. The van der Waals surface area contributed by atoms with Gasteiger partial charge in [0, 0.05) is 25.9 Å². The van der Waals surface area contributed by atoms with Gasteiger partial charge in [-0.25, -0.2) is 4.79 Å². The molecular formula is C14H18N2O3. The number of nitrogens with zero attached hydrogens (tertiary/aromatic N) is 1. The number of aliphatic hydroxyl groups is 1. The minimum atomic E-state index is -0.587. The Morgan fingerprint density at radius 2 is 2.37 bits per heavy atom. The minimum absolute atomic E-state index is 0.0973. The number of urea groups is 1. The summed E-state index contributed by atoms with van der Waals surface area (Å²) in [5, 5.41) is 13.1. The van der Waals surface area contributed by atoms with Crippen molar-refractivity contribution >= 4 is 11.7 Å². The van der Waals surface area contributed by atoms with E-state index in [4.69, 9.17) is 4.74 Å². The van der Waals surface area contributed by atoms with Crippen molar-refractivity contribution in [1.29, 1.82) is 0 Å². The van der Waals surface area contributed by atoms with E-state index in [1.807, 2.05) is 18.2 Å². The van der Waals surface area contributed by atoms with Crippen LogP contribution in [0.3, 0.4) is 0 Å². The van der Waals surface area contributed by atoms with Gasteiger partial charge in [-0.1, -0.05) is 6.07 Å². The number of ether oxygens (including phenoxy) is 1. The van der Waals surface area contributed by atoms with Crippen molar-refractivity contribution in [1.82, 2.24) is 4.90 Å². The Hall–Kier alpha value is -1.59. The van der Waals surface area contributed by atoms with Crippen molar-refractivity contribution in [3.05, 3.63) is 29.3 Å². The molecule has 5 heteroatoms. The number of hydrogen-bond donors (Lipinski definition) is 2. The van der Waals surface area contributed by atoms with E-state index in [1.165, 1.54) is 0 Å². The fourth-order valence-corrected chi connectivity index (χ4v) is 2.65. The van der Waals surface area contributed by atoms with Crippen LogP contribution in [0.1, 0.15) is 30.1 Å². The predicted molar refractivity (Wildman–Crippen MR) is 70.9 cm³/mol.